The molecule has 1 atom stereocenters. The van der Waals surface area contributed by atoms with Crippen molar-refractivity contribution >= 4 is 32.4 Å². The number of carbonyl (C=O) groups is 1. The monoisotopic (exact) mass is 431 g/mol. The molecule has 0 saturated heterocycles. The van der Waals surface area contributed by atoms with E-state index in [1.807, 2.05) is 37.3 Å². The summed E-state index contributed by atoms with van der Waals surface area (Å²) in [6, 6.07) is 15.0. The number of aliphatic hydroxyl groups excluding tert-OH is 1. The average molecular weight is 432 g/mol. The number of nitrogens with zero attached hydrogens (tertiary/aromatic N) is 2. The van der Waals surface area contributed by atoms with Crippen LogP contribution in [-0.4, -0.2) is 42.5 Å². The van der Waals surface area contributed by atoms with Crippen molar-refractivity contribution in [3.05, 3.63) is 77.3 Å². The number of aromatic nitrogens is 1. The Hall–Kier alpha value is -2.75. The molecule has 7 nitrogen and oxygen atoms in total. The number of hydrogen-bond donors (Lipinski definition) is 2. The molecule has 2 N–H and O–H groups in total. The number of amides is 1. The van der Waals surface area contributed by atoms with Gasteiger partial charge in [-0.15, -0.1) is 11.3 Å². The summed E-state index contributed by atoms with van der Waals surface area (Å²) in [5.74, 6) is -0.285. The van der Waals surface area contributed by atoms with E-state index >= 15 is 0 Å². The van der Waals surface area contributed by atoms with Gasteiger partial charge in [-0.1, -0.05) is 30.3 Å². The van der Waals surface area contributed by atoms with Crippen molar-refractivity contribution in [1.82, 2.24) is 9.88 Å². The molecule has 29 heavy (non-hydrogen) atoms. The molecule has 0 aliphatic carbocycles. The number of anilines is 1. The number of benzene rings is 2. The molecule has 0 fully saturated rings. The van der Waals surface area contributed by atoms with Crippen LogP contribution in [0.15, 0.2) is 71.1 Å². The average Bonchev–Trinajstić information content (AvgIpc) is 3.24. The Labute approximate surface area is 173 Å². The minimum atomic E-state index is -3.78. The number of aliphatic hydroxyl groups is 1. The molecule has 152 valence electrons. The highest BCUT2D eigenvalue weighted by atomic mass is 32.2. The van der Waals surface area contributed by atoms with Gasteiger partial charge in [0.1, 0.15) is 0 Å². The lowest BCUT2D eigenvalue weighted by Gasteiger charge is -2.29. The van der Waals surface area contributed by atoms with Crippen LogP contribution in [0.4, 0.5) is 5.13 Å². The Morgan fingerprint density at radius 3 is 2.45 bits per heavy atom. The summed E-state index contributed by atoms with van der Waals surface area (Å²) < 4.78 is 27.3. The molecule has 0 spiro atoms. The van der Waals surface area contributed by atoms with E-state index in [2.05, 4.69) is 9.71 Å². The largest absolute Gasteiger partial charge is 0.395 e. The van der Waals surface area contributed by atoms with E-state index < -0.39 is 10.0 Å². The Kier molecular flexibility index (Phi) is 6.63. The number of thiazole rings is 1. The Balaban J connectivity index is 1.80. The first-order valence-electron chi connectivity index (χ1n) is 8.91. The zero-order chi connectivity index (χ0) is 20.9. The Morgan fingerprint density at radius 2 is 1.86 bits per heavy atom. The van der Waals surface area contributed by atoms with Gasteiger partial charge < -0.3 is 10.0 Å². The minimum Gasteiger partial charge on any atom is -0.395 e. The zero-order valence-electron chi connectivity index (χ0n) is 15.7. The van der Waals surface area contributed by atoms with Crippen LogP contribution < -0.4 is 4.72 Å². The van der Waals surface area contributed by atoms with E-state index in [1.54, 1.807) is 10.3 Å². The van der Waals surface area contributed by atoms with E-state index in [0.29, 0.717) is 5.56 Å². The number of nitrogens with one attached hydrogen (secondary N) is 1. The molecule has 9 heteroatoms. The van der Waals surface area contributed by atoms with Gasteiger partial charge in [-0.3, -0.25) is 9.52 Å². The Morgan fingerprint density at radius 1 is 1.17 bits per heavy atom. The third kappa shape index (κ3) is 5.00. The predicted octanol–water partition coefficient (Wildman–Crippen LogP) is 3.14. The fourth-order valence-electron chi connectivity index (χ4n) is 2.88. The van der Waals surface area contributed by atoms with Crippen LogP contribution in [0.5, 0.6) is 0 Å². The summed E-state index contributed by atoms with van der Waals surface area (Å²) in [4.78, 5) is 18.5. The van der Waals surface area contributed by atoms with E-state index in [4.69, 9.17) is 0 Å². The summed E-state index contributed by atoms with van der Waals surface area (Å²) in [6.07, 6.45) is 1.51. The smallest absolute Gasteiger partial charge is 0.263 e. The first-order valence-corrected chi connectivity index (χ1v) is 11.3. The highest BCUT2D eigenvalue weighted by Gasteiger charge is 2.23. The molecule has 0 bridgehead atoms. The van der Waals surface area contributed by atoms with E-state index in [-0.39, 0.29) is 35.1 Å². The topological polar surface area (TPSA) is 99.6 Å². The van der Waals surface area contributed by atoms with Crippen molar-refractivity contribution in [2.75, 3.05) is 17.9 Å². The molecule has 3 aromatic rings. The van der Waals surface area contributed by atoms with Gasteiger partial charge in [-0.2, -0.15) is 0 Å². The molecule has 0 radical (unpaired) electrons. The van der Waals surface area contributed by atoms with E-state index in [1.165, 1.54) is 41.8 Å². The van der Waals surface area contributed by atoms with Gasteiger partial charge in [0.2, 0.25) is 0 Å². The fraction of sp³-hybridized carbons (Fsp3) is 0.200. The van der Waals surface area contributed by atoms with Gasteiger partial charge in [-0.25, -0.2) is 13.4 Å². The first kappa shape index (κ1) is 21.0. The van der Waals surface area contributed by atoms with Crippen LogP contribution in [0, 0.1) is 0 Å². The highest BCUT2D eigenvalue weighted by Crippen LogP contribution is 2.23. The zero-order valence-corrected chi connectivity index (χ0v) is 17.4. The van der Waals surface area contributed by atoms with Crippen LogP contribution in [0.2, 0.25) is 0 Å². The molecule has 0 saturated carbocycles. The normalized spacial score (nSPS) is 12.3. The minimum absolute atomic E-state index is 0.0362. The summed E-state index contributed by atoms with van der Waals surface area (Å²) >= 11 is 1.18. The van der Waals surface area contributed by atoms with Crippen molar-refractivity contribution in [3.63, 3.8) is 0 Å². The quantitative estimate of drug-likeness (QED) is 0.571. The summed E-state index contributed by atoms with van der Waals surface area (Å²) in [5, 5.41) is 11.4. The molecular formula is C20H21N3O4S2. The van der Waals surface area contributed by atoms with Crippen LogP contribution in [-0.2, 0) is 10.0 Å². The summed E-state index contributed by atoms with van der Waals surface area (Å²) in [6.45, 7) is 1.88. The van der Waals surface area contributed by atoms with Gasteiger partial charge in [0, 0.05) is 23.7 Å². The predicted molar refractivity (Wildman–Crippen MR) is 112 cm³/mol. The molecule has 2 aromatic carbocycles. The molecule has 3 rings (SSSR count). The van der Waals surface area contributed by atoms with Crippen molar-refractivity contribution in [3.8, 4) is 0 Å². The second kappa shape index (κ2) is 9.17. The molecule has 1 aromatic heterocycles. The van der Waals surface area contributed by atoms with Gasteiger partial charge >= 0.3 is 0 Å². The molecule has 1 amide bonds. The SMILES string of the molecule is CC(c1ccccc1)N(CCO)C(=O)c1ccc(S(=O)(=O)Nc2nccs2)cc1. The van der Waals surface area contributed by atoms with Gasteiger partial charge in [0.15, 0.2) is 5.13 Å². The first-order chi connectivity index (χ1) is 13.9. The number of hydrogen-bond acceptors (Lipinski definition) is 6. The van der Waals surface area contributed by atoms with Crippen LogP contribution in [0.1, 0.15) is 28.9 Å². The lowest BCUT2D eigenvalue weighted by molar-refractivity contribution is 0.0648. The van der Waals surface area contributed by atoms with Crippen LogP contribution >= 0.6 is 11.3 Å². The number of rotatable bonds is 8. The molecule has 1 heterocycles. The lowest BCUT2D eigenvalue weighted by Crippen LogP contribution is -2.36. The maximum atomic E-state index is 13.0. The van der Waals surface area contributed by atoms with Crippen molar-refractivity contribution < 1.29 is 18.3 Å². The maximum Gasteiger partial charge on any atom is 0.263 e. The third-order valence-corrected chi connectivity index (χ3v) is 6.59. The van der Waals surface area contributed by atoms with Gasteiger partial charge in [-0.05, 0) is 36.8 Å². The van der Waals surface area contributed by atoms with E-state index in [0.717, 1.165) is 5.56 Å². The lowest BCUT2D eigenvalue weighted by atomic mass is 10.1. The van der Waals surface area contributed by atoms with Crippen molar-refractivity contribution in [2.45, 2.75) is 17.9 Å². The van der Waals surface area contributed by atoms with Gasteiger partial charge in [0.25, 0.3) is 15.9 Å². The maximum absolute atomic E-state index is 13.0. The second-order valence-electron chi connectivity index (χ2n) is 6.28. The Bertz CT molecular complexity index is 1040. The van der Waals surface area contributed by atoms with Crippen LogP contribution in [0.25, 0.3) is 0 Å². The second-order valence-corrected chi connectivity index (χ2v) is 8.85. The molecule has 1 unspecified atom stereocenters. The molecule has 0 aliphatic heterocycles. The molecule has 0 aliphatic rings. The van der Waals surface area contributed by atoms with E-state index in [9.17, 15) is 18.3 Å². The summed E-state index contributed by atoms with van der Waals surface area (Å²) in [5.41, 5.74) is 1.29. The number of sulfonamides is 1. The van der Waals surface area contributed by atoms with Gasteiger partial charge in [0.05, 0.1) is 17.5 Å². The van der Waals surface area contributed by atoms with Crippen molar-refractivity contribution in [1.29, 1.82) is 0 Å². The highest BCUT2D eigenvalue weighted by molar-refractivity contribution is 7.93. The van der Waals surface area contributed by atoms with Crippen molar-refractivity contribution in [2.24, 2.45) is 0 Å². The van der Waals surface area contributed by atoms with Crippen LogP contribution in [0.3, 0.4) is 0 Å². The fourth-order valence-corrected chi connectivity index (χ4v) is 4.67. The molecular weight excluding hydrogens is 410 g/mol. The summed E-state index contributed by atoms with van der Waals surface area (Å²) in [7, 11) is -3.78. The standard InChI is InChI=1S/C20H21N3O4S2/c1-15(16-5-3-2-4-6-16)23(12-13-24)19(25)17-7-9-18(10-8-17)29(26,27)22-20-21-11-14-28-20/h2-11,14-15,24H,12-13H2,1H3,(H,21,22). The number of carbonyl (C=O) groups excluding carboxylic acids is 1. The third-order valence-electron chi connectivity index (χ3n) is 4.42.